The number of carbonyl (C=O) groups is 1. The first-order valence-electron chi connectivity index (χ1n) is 6.56. The maximum absolute atomic E-state index is 11.8. The van der Waals surface area contributed by atoms with Gasteiger partial charge >= 0.3 is 0 Å². The smallest absolute Gasteiger partial charge is 0.247 e. The van der Waals surface area contributed by atoms with Crippen LogP contribution in [0.5, 0.6) is 0 Å². The van der Waals surface area contributed by atoms with E-state index in [4.69, 9.17) is 17.1 Å². The number of amides is 1. The van der Waals surface area contributed by atoms with Crippen molar-refractivity contribution in [3.63, 3.8) is 0 Å². The SMILES string of the molecule is CON(C)C(=O)CCn1c(-c2cccc(C)c2)n[nH]c1=S. The van der Waals surface area contributed by atoms with E-state index in [0.29, 0.717) is 11.3 Å². The lowest BCUT2D eigenvalue weighted by Crippen LogP contribution is -2.26. The minimum absolute atomic E-state index is 0.115. The van der Waals surface area contributed by atoms with Crippen LogP contribution in [0.15, 0.2) is 24.3 Å². The lowest BCUT2D eigenvalue weighted by Gasteiger charge is -2.14. The van der Waals surface area contributed by atoms with Crippen molar-refractivity contribution in [1.82, 2.24) is 19.8 Å². The first-order chi connectivity index (χ1) is 10.0. The molecule has 2 rings (SSSR count). The number of aryl methyl sites for hydroxylation is 1. The fourth-order valence-electron chi connectivity index (χ4n) is 2.00. The van der Waals surface area contributed by atoms with E-state index in [2.05, 4.69) is 10.2 Å². The molecule has 112 valence electrons. The quantitative estimate of drug-likeness (QED) is 0.680. The predicted octanol–water partition coefficient (Wildman–Crippen LogP) is 2.33. The average Bonchev–Trinajstić information content (AvgIpc) is 2.85. The van der Waals surface area contributed by atoms with E-state index in [1.165, 1.54) is 12.2 Å². The Bertz CT molecular complexity index is 692. The predicted molar refractivity (Wildman–Crippen MR) is 82.0 cm³/mol. The largest absolute Gasteiger partial charge is 0.300 e. The maximum atomic E-state index is 11.8. The van der Waals surface area contributed by atoms with Crippen molar-refractivity contribution in [3.8, 4) is 11.4 Å². The molecule has 0 aliphatic rings. The number of nitrogens with one attached hydrogen (secondary N) is 1. The molecule has 0 unspecified atom stereocenters. The summed E-state index contributed by atoms with van der Waals surface area (Å²) in [5, 5.41) is 8.25. The van der Waals surface area contributed by atoms with Crippen molar-refractivity contribution >= 4 is 18.1 Å². The van der Waals surface area contributed by atoms with Crippen LogP contribution >= 0.6 is 12.2 Å². The second kappa shape index (κ2) is 6.64. The number of hydrogen-bond acceptors (Lipinski definition) is 4. The summed E-state index contributed by atoms with van der Waals surface area (Å²) < 4.78 is 2.32. The number of hydrogen-bond donors (Lipinski definition) is 1. The van der Waals surface area contributed by atoms with Gasteiger partial charge < -0.3 is 0 Å². The summed E-state index contributed by atoms with van der Waals surface area (Å²) >= 11 is 5.24. The zero-order valence-electron chi connectivity index (χ0n) is 12.3. The molecule has 0 saturated heterocycles. The van der Waals surface area contributed by atoms with E-state index in [1.807, 2.05) is 35.8 Å². The molecule has 1 heterocycles. The number of rotatable bonds is 5. The first kappa shape index (κ1) is 15.4. The summed E-state index contributed by atoms with van der Waals surface area (Å²) in [6, 6.07) is 7.99. The summed E-state index contributed by atoms with van der Waals surface area (Å²) in [6.45, 7) is 2.47. The van der Waals surface area contributed by atoms with Gasteiger partial charge in [-0.3, -0.25) is 19.3 Å². The Hall–Kier alpha value is -1.99. The Labute approximate surface area is 128 Å². The van der Waals surface area contributed by atoms with E-state index < -0.39 is 0 Å². The van der Waals surface area contributed by atoms with Gasteiger partial charge in [0.05, 0.1) is 7.11 Å². The molecule has 0 radical (unpaired) electrons. The van der Waals surface area contributed by atoms with Gasteiger partial charge in [-0.2, -0.15) is 5.10 Å². The van der Waals surface area contributed by atoms with Gasteiger partial charge in [-0.25, -0.2) is 5.06 Å². The van der Waals surface area contributed by atoms with Gasteiger partial charge in [0.1, 0.15) is 0 Å². The van der Waals surface area contributed by atoms with Gasteiger partial charge in [-0.15, -0.1) is 0 Å². The number of hydroxylamine groups is 2. The third kappa shape index (κ3) is 3.56. The second-order valence-electron chi connectivity index (χ2n) is 4.70. The Morgan fingerprint density at radius 2 is 2.29 bits per heavy atom. The molecule has 1 aromatic heterocycles. The van der Waals surface area contributed by atoms with E-state index in [0.717, 1.165) is 17.0 Å². The van der Waals surface area contributed by atoms with Crippen LogP contribution in [0.4, 0.5) is 0 Å². The topological polar surface area (TPSA) is 63.1 Å². The van der Waals surface area contributed by atoms with Crippen LogP contribution in [-0.4, -0.2) is 39.9 Å². The second-order valence-corrected chi connectivity index (χ2v) is 5.08. The van der Waals surface area contributed by atoms with Gasteiger partial charge in [0.25, 0.3) is 0 Å². The van der Waals surface area contributed by atoms with Gasteiger partial charge in [-0.05, 0) is 25.2 Å². The summed E-state index contributed by atoms with van der Waals surface area (Å²) in [4.78, 5) is 16.7. The van der Waals surface area contributed by atoms with Crippen molar-refractivity contribution in [2.24, 2.45) is 0 Å². The Kier molecular flexibility index (Phi) is 4.87. The van der Waals surface area contributed by atoms with Crippen molar-refractivity contribution in [2.45, 2.75) is 19.9 Å². The molecule has 2 aromatic rings. The number of aromatic nitrogens is 3. The molecule has 0 atom stereocenters. The third-order valence-electron chi connectivity index (χ3n) is 3.21. The summed E-state index contributed by atoms with van der Waals surface area (Å²) in [6.07, 6.45) is 0.289. The van der Waals surface area contributed by atoms with Crippen LogP contribution in [0.2, 0.25) is 0 Å². The van der Waals surface area contributed by atoms with Gasteiger partial charge in [0.2, 0.25) is 5.91 Å². The van der Waals surface area contributed by atoms with Crippen LogP contribution in [0.25, 0.3) is 11.4 Å². The molecule has 0 bridgehead atoms. The van der Waals surface area contributed by atoms with Crippen molar-refractivity contribution < 1.29 is 9.63 Å². The Morgan fingerprint density at radius 3 is 2.95 bits per heavy atom. The van der Waals surface area contributed by atoms with Crippen LogP contribution in [-0.2, 0) is 16.2 Å². The highest BCUT2D eigenvalue weighted by Gasteiger charge is 2.12. The van der Waals surface area contributed by atoms with Crippen LogP contribution in [0, 0.1) is 11.7 Å². The third-order valence-corrected chi connectivity index (χ3v) is 3.52. The van der Waals surface area contributed by atoms with E-state index in [9.17, 15) is 4.79 Å². The lowest BCUT2D eigenvalue weighted by atomic mass is 10.1. The van der Waals surface area contributed by atoms with Gasteiger partial charge in [-0.1, -0.05) is 23.8 Å². The van der Waals surface area contributed by atoms with Crippen molar-refractivity contribution in [3.05, 3.63) is 34.6 Å². The van der Waals surface area contributed by atoms with Gasteiger partial charge in [0.15, 0.2) is 10.6 Å². The molecular weight excluding hydrogens is 288 g/mol. The van der Waals surface area contributed by atoms with Gasteiger partial charge in [0, 0.05) is 25.6 Å². The van der Waals surface area contributed by atoms with Crippen LogP contribution < -0.4 is 0 Å². The molecule has 1 N–H and O–H groups in total. The molecule has 1 amide bonds. The van der Waals surface area contributed by atoms with Crippen LogP contribution in [0.3, 0.4) is 0 Å². The van der Waals surface area contributed by atoms with Crippen molar-refractivity contribution in [2.75, 3.05) is 14.2 Å². The molecule has 6 nitrogen and oxygen atoms in total. The molecule has 0 aliphatic heterocycles. The Balaban J connectivity index is 2.23. The fraction of sp³-hybridized carbons (Fsp3) is 0.357. The number of H-pyrrole nitrogens is 1. The molecule has 21 heavy (non-hydrogen) atoms. The molecule has 0 fully saturated rings. The number of benzene rings is 1. The van der Waals surface area contributed by atoms with Crippen molar-refractivity contribution in [1.29, 1.82) is 0 Å². The summed E-state index contributed by atoms with van der Waals surface area (Å²) in [7, 11) is 3.04. The van der Waals surface area contributed by atoms with E-state index >= 15 is 0 Å². The molecule has 0 saturated carbocycles. The standard InChI is InChI=1S/C14H18N4O2S/c1-10-5-4-6-11(9-10)13-15-16-14(21)18(13)8-7-12(19)17(2)20-3/h4-6,9H,7-8H2,1-3H3,(H,16,21). The summed E-state index contributed by atoms with van der Waals surface area (Å²) in [5.41, 5.74) is 2.11. The minimum atomic E-state index is -0.115. The number of nitrogens with zero attached hydrogens (tertiary/aromatic N) is 3. The number of carbonyl (C=O) groups excluding carboxylic acids is 1. The highest BCUT2D eigenvalue weighted by atomic mass is 32.1. The molecule has 1 aromatic carbocycles. The first-order valence-corrected chi connectivity index (χ1v) is 6.96. The molecular formula is C14H18N4O2S. The highest BCUT2D eigenvalue weighted by Crippen LogP contribution is 2.18. The van der Waals surface area contributed by atoms with Crippen LogP contribution in [0.1, 0.15) is 12.0 Å². The number of aromatic amines is 1. The summed E-state index contributed by atoms with van der Waals surface area (Å²) in [5.74, 6) is 0.618. The highest BCUT2D eigenvalue weighted by molar-refractivity contribution is 7.71. The molecule has 0 aliphatic carbocycles. The zero-order valence-corrected chi connectivity index (χ0v) is 13.1. The maximum Gasteiger partial charge on any atom is 0.247 e. The minimum Gasteiger partial charge on any atom is -0.300 e. The monoisotopic (exact) mass is 306 g/mol. The van der Waals surface area contributed by atoms with E-state index in [-0.39, 0.29) is 12.3 Å². The van der Waals surface area contributed by atoms with E-state index in [1.54, 1.807) is 7.05 Å². The Morgan fingerprint density at radius 1 is 1.52 bits per heavy atom. The normalized spacial score (nSPS) is 10.6. The molecule has 0 spiro atoms. The zero-order chi connectivity index (χ0) is 15.4. The lowest BCUT2D eigenvalue weighted by molar-refractivity contribution is -0.168. The fourth-order valence-corrected chi connectivity index (χ4v) is 2.22. The molecule has 7 heteroatoms. The average molecular weight is 306 g/mol.